The summed E-state index contributed by atoms with van der Waals surface area (Å²) in [4.78, 5) is 8.83. The van der Waals surface area contributed by atoms with Crippen molar-refractivity contribution in [1.29, 1.82) is 0 Å². The topological polar surface area (TPSA) is 25.8 Å². The Labute approximate surface area is 121 Å². The zero-order valence-electron chi connectivity index (χ0n) is 10.8. The van der Waals surface area contributed by atoms with Gasteiger partial charge in [0.1, 0.15) is 5.01 Å². The molecular weight excluding hydrogens is 264 g/mol. The Balaban J connectivity index is 1.74. The summed E-state index contributed by atoms with van der Waals surface area (Å²) in [5.41, 5.74) is 6.13. The van der Waals surface area contributed by atoms with Crippen molar-refractivity contribution in [2.24, 2.45) is 0 Å². The Bertz CT molecular complexity index is 788. The minimum atomic E-state index is 1.01. The maximum absolute atomic E-state index is 4.78. The predicted octanol–water partition coefficient (Wildman–Crippen LogP) is 4.19. The highest BCUT2D eigenvalue weighted by atomic mass is 32.1. The number of thiazole rings is 1. The van der Waals surface area contributed by atoms with Crippen molar-refractivity contribution in [3.8, 4) is 11.3 Å². The summed E-state index contributed by atoms with van der Waals surface area (Å²) in [6.07, 6.45) is 6.90. The van der Waals surface area contributed by atoms with Crippen LogP contribution in [0.3, 0.4) is 0 Å². The molecule has 0 aliphatic heterocycles. The van der Waals surface area contributed by atoms with Gasteiger partial charge in [-0.15, -0.1) is 11.3 Å². The van der Waals surface area contributed by atoms with Crippen molar-refractivity contribution in [3.05, 3.63) is 76.4 Å². The third-order valence-electron chi connectivity index (χ3n) is 3.54. The van der Waals surface area contributed by atoms with Crippen LogP contribution in [0.2, 0.25) is 0 Å². The smallest absolute Gasteiger partial charge is 0.124 e. The normalized spacial score (nSPS) is 13.1. The van der Waals surface area contributed by atoms with Crippen molar-refractivity contribution < 1.29 is 0 Å². The van der Waals surface area contributed by atoms with Gasteiger partial charge in [-0.25, -0.2) is 4.98 Å². The summed E-state index contributed by atoms with van der Waals surface area (Å²) in [7, 11) is 0. The van der Waals surface area contributed by atoms with Gasteiger partial charge in [-0.1, -0.05) is 30.3 Å². The van der Waals surface area contributed by atoms with Gasteiger partial charge < -0.3 is 0 Å². The molecule has 0 bridgehead atoms. The number of fused-ring (bicyclic) bond motifs is 1. The first-order chi connectivity index (χ1) is 9.92. The zero-order valence-corrected chi connectivity index (χ0v) is 11.6. The van der Waals surface area contributed by atoms with E-state index in [1.54, 1.807) is 23.7 Å². The lowest BCUT2D eigenvalue weighted by Gasteiger charge is -2.01. The van der Waals surface area contributed by atoms with Crippen LogP contribution in [0.1, 0.15) is 16.1 Å². The van der Waals surface area contributed by atoms with Crippen molar-refractivity contribution in [1.82, 2.24) is 9.97 Å². The lowest BCUT2D eigenvalue weighted by molar-refractivity contribution is 1.30. The largest absolute Gasteiger partial charge is 0.265 e. The summed E-state index contributed by atoms with van der Waals surface area (Å²) in [6, 6.07) is 12.6. The van der Waals surface area contributed by atoms with Crippen LogP contribution in [0, 0.1) is 0 Å². The Morgan fingerprint density at radius 1 is 1.00 bits per heavy atom. The van der Waals surface area contributed by atoms with Gasteiger partial charge in [0.25, 0.3) is 0 Å². The van der Waals surface area contributed by atoms with Crippen LogP contribution in [0.5, 0.6) is 0 Å². The number of nitrogens with zero attached hydrogens (tertiary/aromatic N) is 2. The molecular formula is C17H12N2S. The summed E-state index contributed by atoms with van der Waals surface area (Å²) < 4.78 is 0. The molecule has 2 aromatic heterocycles. The Kier molecular flexibility index (Phi) is 2.71. The molecule has 2 heterocycles. The van der Waals surface area contributed by atoms with Crippen molar-refractivity contribution >= 4 is 16.9 Å². The molecule has 3 heteroatoms. The number of aromatic nitrogens is 2. The molecule has 0 N–H and O–H groups in total. The predicted molar refractivity (Wildman–Crippen MR) is 82.6 cm³/mol. The number of benzene rings is 1. The Morgan fingerprint density at radius 2 is 1.85 bits per heavy atom. The molecule has 0 radical (unpaired) electrons. The first-order valence-corrected chi connectivity index (χ1v) is 7.44. The minimum Gasteiger partial charge on any atom is -0.265 e. The number of pyridine rings is 1. The van der Waals surface area contributed by atoms with Gasteiger partial charge in [-0.05, 0) is 29.7 Å². The third kappa shape index (κ3) is 1.87. The van der Waals surface area contributed by atoms with Crippen molar-refractivity contribution in [3.63, 3.8) is 0 Å². The maximum Gasteiger partial charge on any atom is 0.124 e. The van der Waals surface area contributed by atoms with Crippen LogP contribution in [-0.2, 0) is 6.42 Å². The highest BCUT2D eigenvalue weighted by Gasteiger charge is 2.17. The van der Waals surface area contributed by atoms with E-state index < -0.39 is 0 Å². The minimum absolute atomic E-state index is 1.01. The van der Waals surface area contributed by atoms with Crippen LogP contribution in [0.25, 0.3) is 16.8 Å². The first kappa shape index (κ1) is 11.6. The van der Waals surface area contributed by atoms with Crippen molar-refractivity contribution in [2.75, 3.05) is 0 Å². The number of allylic oxidation sites excluding steroid dienone is 1. The molecule has 0 saturated heterocycles. The van der Waals surface area contributed by atoms with Gasteiger partial charge in [-0.3, -0.25) is 4.98 Å². The first-order valence-electron chi connectivity index (χ1n) is 6.56. The van der Waals surface area contributed by atoms with E-state index in [0.29, 0.717) is 0 Å². The molecule has 1 aliphatic rings. The van der Waals surface area contributed by atoms with Crippen LogP contribution in [0.15, 0.2) is 60.2 Å². The molecule has 0 amide bonds. The molecule has 2 nitrogen and oxygen atoms in total. The highest BCUT2D eigenvalue weighted by Crippen LogP contribution is 2.35. The average molecular weight is 276 g/mol. The Morgan fingerprint density at radius 3 is 2.75 bits per heavy atom. The molecule has 20 heavy (non-hydrogen) atoms. The van der Waals surface area contributed by atoms with E-state index in [0.717, 1.165) is 22.7 Å². The van der Waals surface area contributed by atoms with E-state index in [1.165, 1.54) is 16.7 Å². The van der Waals surface area contributed by atoms with Gasteiger partial charge in [0, 0.05) is 28.9 Å². The highest BCUT2D eigenvalue weighted by molar-refractivity contribution is 7.11. The standard InChI is InChI=1S/C17H12N2S/c1-2-4-14-12(3-1)5-6-15(14)17-19-16(11-20-17)13-7-9-18-10-8-13/h1-4,6-11H,5H2. The average Bonchev–Trinajstić information content (AvgIpc) is 3.14. The summed E-state index contributed by atoms with van der Waals surface area (Å²) in [5.74, 6) is 0. The van der Waals surface area contributed by atoms with Gasteiger partial charge in [0.05, 0.1) is 5.69 Å². The lowest BCUT2D eigenvalue weighted by atomic mass is 10.1. The van der Waals surface area contributed by atoms with E-state index in [1.807, 2.05) is 12.1 Å². The van der Waals surface area contributed by atoms with Crippen LogP contribution in [-0.4, -0.2) is 9.97 Å². The van der Waals surface area contributed by atoms with Gasteiger partial charge in [0.15, 0.2) is 0 Å². The number of hydrogen-bond donors (Lipinski definition) is 0. The van der Waals surface area contributed by atoms with E-state index in [9.17, 15) is 0 Å². The molecule has 0 atom stereocenters. The summed E-state index contributed by atoms with van der Waals surface area (Å²) in [5, 5.41) is 3.22. The SMILES string of the molecule is C1=C(c2nc(-c3ccncc3)cs2)c2ccccc2C1. The van der Waals surface area contributed by atoms with Crippen molar-refractivity contribution in [2.45, 2.75) is 6.42 Å². The van der Waals surface area contributed by atoms with Gasteiger partial charge >= 0.3 is 0 Å². The fourth-order valence-corrected chi connectivity index (χ4v) is 3.42. The van der Waals surface area contributed by atoms with E-state index in [-0.39, 0.29) is 0 Å². The molecule has 0 fully saturated rings. The zero-order chi connectivity index (χ0) is 13.4. The number of hydrogen-bond acceptors (Lipinski definition) is 3. The second-order valence-corrected chi connectivity index (χ2v) is 5.61. The molecule has 1 aromatic carbocycles. The Hall–Kier alpha value is -2.26. The fourth-order valence-electron chi connectivity index (χ4n) is 2.54. The molecule has 0 spiro atoms. The van der Waals surface area contributed by atoms with Crippen LogP contribution < -0.4 is 0 Å². The van der Waals surface area contributed by atoms with E-state index in [2.05, 4.69) is 40.7 Å². The van der Waals surface area contributed by atoms with E-state index >= 15 is 0 Å². The molecule has 96 valence electrons. The van der Waals surface area contributed by atoms with Gasteiger partial charge in [-0.2, -0.15) is 0 Å². The molecule has 0 unspecified atom stereocenters. The molecule has 1 aliphatic carbocycles. The third-order valence-corrected chi connectivity index (χ3v) is 4.42. The second-order valence-electron chi connectivity index (χ2n) is 4.75. The maximum atomic E-state index is 4.78. The second kappa shape index (κ2) is 4.69. The summed E-state index contributed by atoms with van der Waals surface area (Å²) >= 11 is 1.71. The quantitative estimate of drug-likeness (QED) is 0.701. The molecule has 4 rings (SSSR count). The van der Waals surface area contributed by atoms with E-state index in [4.69, 9.17) is 4.98 Å². The fraction of sp³-hybridized carbons (Fsp3) is 0.0588. The number of rotatable bonds is 2. The molecule has 0 saturated carbocycles. The lowest BCUT2D eigenvalue weighted by Crippen LogP contribution is -1.86. The summed E-state index contributed by atoms with van der Waals surface area (Å²) in [6.45, 7) is 0. The monoisotopic (exact) mass is 276 g/mol. The van der Waals surface area contributed by atoms with Crippen LogP contribution >= 0.6 is 11.3 Å². The van der Waals surface area contributed by atoms with Crippen LogP contribution in [0.4, 0.5) is 0 Å². The van der Waals surface area contributed by atoms with Gasteiger partial charge in [0.2, 0.25) is 0 Å². The molecule has 3 aromatic rings.